The maximum Gasteiger partial charge on any atom is 0.200 e. The van der Waals surface area contributed by atoms with E-state index in [0.717, 1.165) is 16.3 Å². The number of hydrogen-bond donors (Lipinski definition) is 1. The van der Waals surface area contributed by atoms with Gasteiger partial charge in [0, 0.05) is 4.47 Å². The van der Waals surface area contributed by atoms with Crippen molar-refractivity contribution >= 4 is 27.8 Å². The predicted molar refractivity (Wildman–Crippen MR) is 114 cm³/mol. The van der Waals surface area contributed by atoms with Crippen molar-refractivity contribution < 1.29 is 31.4 Å². The number of halogens is 6. The standard InChI is InChI=1S/C22H16BrF5N2O2/c1-2-31-16-9-13(5-8-15(16)32-11-12-3-6-14(23)7-4-12)10-29-30-22-20(27)18(25)17(24)19(26)21(22)28/h3-10,30H,2,11H2,1H3. The topological polar surface area (TPSA) is 42.8 Å². The van der Waals surface area contributed by atoms with Crippen LogP contribution in [0.4, 0.5) is 27.6 Å². The molecule has 0 unspecified atom stereocenters. The van der Waals surface area contributed by atoms with Crippen LogP contribution in [0.5, 0.6) is 11.5 Å². The lowest BCUT2D eigenvalue weighted by atomic mass is 10.2. The first-order valence-electron chi connectivity index (χ1n) is 9.26. The summed E-state index contributed by atoms with van der Waals surface area (Å²) in [6, 6.07) is 12.3. The fourth-order valence-electron chi connectivity index (χ4n) is 2.61. The molecule has 0 bridgehead atoms. The largest absolute Gasteiger partial charge is 0.490 e. The second kappa shape index (κ2) is 10.4. The molecule has 3 aromatic carbocycles. The Balaban J connectivity index is 1.75. The van der Waals surface area contributed by atoms with Crippen LogP contribution < -0.4 is 14.9 Å². The lowest BCUT2D eigenvalue weighted by molar-refractivity contribution is 0.269. The van der Waals surface area contributed by atoms with Gasteiger partial charge in [0.25, 0.3) is 0 Å². The lowest BCUT2D eigenvalue weighted by Gasteiger charge is -2.13. The Kier molecular flexibility index (Phi) is 7.68. The zero-order valence-corrected chi connectivity index (χ0v) is 18.2. The van der Waals surface area contributed by atoms with Gasteiger partial charge >= 0.3 is 0 Å². The fourth-order valence-corrected chi connectivity index (χ4v) is 2.87. The third-order valence-corrected chi connectivity index (χ3v) is 4.70. The number of nitrogens with zero attached hydrogens (tertiary/aromatic N) is 1. The second-order valence-electron chi connectivity index (χ2n) is 6.37. The summed E-state index contributed by atoms with van der Waals surface area (Å²) in [6.07, 6.45) is 1.14. The SMILES string of the molecule is CCOc1cc(C=NNc2c(F)c(F)c(F)c(F)c2F)ccc1OCc1ccc(Br)cc1. The fraction of sp³-hybridized carbons (Fsp3) is 0.136. The summed E-state index contributed by atoms with van der Waals surface area (Å²) in [6.45, 7) is 2.42. The Morgan fingerprint density at radius 1 is 0.844 bits per heavy atom. The molecule has 0 atom stereocenters. The Morgan fingerprint density at radius 2 is 1.47 bits per heavy atom. The van der Waals surface area contributed by atoms with Gasteiger partial charge in [0.2, 0.25) is 5.82 Å². The zero-order chi connectivity index (χ0) is 23.3. The van der Waals surface area contributed by atoms with Crippen LogP contribution in [-0.4, -0.2) is 12.8 Å². The minimum absolute atomic E-state index is 0.294. The van der Waals surface area contributed by atoms with Crippen LogP contribution in [0.1, 0.15) is 18.1 Å². The molecule has 4 nitrogen and oxygen atoms in total. The number of hydrazone groups is 1. The van der Waals surface area contributed by atoms with Crippen LogP contribution in [0.15, 0.2) is 52.0 Å². The van der Waals surface area contributed by atoms with Gasteiger partial charge in [-0.3, -0.25) is 5.43 Å². The molecule has 1 N–H and O–H groups in total. The van der Waals surface area contributed by atoms with E-state index in [-0.39, 0.29) is 0 Å². The summed E-state index contributed by atoms with van der Waals surface area (Å²) in [5.74, 6) is -9.53. The second-order valence-corrected chi connectivity index (χ2v) is 7.28. The average molecular weight is 515 g/mol. The molecule has 0 fully saturated rings. The molecule has 168 valence electrons. The third-order valence-electron chi connectivity index (χ3n) is 4.17. The van der Waals surface area contributed by atoms with Crippen molar-refractivity contribution in [2.24, 2.45) is 5.10 Å². The maximum absolute atomic E-state index is 13.7. The molecule has 0 aliphatic heterocycles. The van der Waals surface area contributed by atoms with Crippen molar-refractivity contribution in [2.75, 3.05) is 12.0 Å². The molecule has 0 radical (unpaired) electrons. The molecule has 0 aliphatic carbocycles. The van der Waals surface area contributed by atoms with E-state index in [1.54, 1.807) is 25.1 Å². The Bertz CT molecular complexity index is 1110. The van der Waals surface area contributed by atoms with Crippen molar-refractivity contribution in [1.82, 2.24) is 0 Å². The summed E-state index contributed by atoms with van der Waals surface area (Å²) in [4.78, 5) is 0. The van der Waals surface area contributed by atoms with Crippen LogP contribution >= 0.6 is 15.9 Å². The summed E-state index contributed by atoms with van der Waals surface area (Å²) >= 11 is 3.36. The highest BCUT2D eigenvalue weighted by molar-refractivity contribution is 9.10. The molecule has 0 aromatic heterocycles. The van der Waals surface area contributed by atoms with Crippen molar-refractivity contribution in [3.63, 3.8) is 0 Å². The number of ether oxygens (including phenoxy) is 2. The van der Waals surface area contributed by atoms with Crippen molar-refractivity contribution in [2.45, 2.75) is 13.5 Å². The van der Waals surface area contributed by atoms with Crippen LogP contribution in [0.25, 0.3) is 0 Å². The molecule has 10 heteroatoms. The minimum Gasteiger partial charge on any atom is -0.490 e. The third kappa shape index (κ3) is 5.37. The summed E-state index contributed by atoms with van der Waals surface area (Å²) in [5.41, 5.74) is 1.97. The van der Waals surface area contributed by atoms with Crippen molar-refractivity contribution in [3.8, 4) is 11.5 Å². The molecule has 32 heavy (non-hydrogen) atoms. The quantitative estimate of drug-likeness (QED) is 0.121. The maximum atomic E-state index is 13.7. The van der Waals surface area contributed by atoms with E-state index in [1.165, 1.54) is 0 Å². The van der Waals surface area contributed by atoms with Crippen molar-refractivity contribution in [1.29, 1.82) is 0 Å². The van der Waals surface area contributed by atoms with Crippen LogP contribution in [0.2, 0.25) is 0 Å². The first kappa shape index (κ1) is 23.5. The molecular weight excluding hydrogens is 499 g/mol. The predicted octanol–water partition coefficient (Wildman–Crippen LogP) is 6.57. The number of benzene rings is 3. The van der Waals surface area contributed by atoms with Crippen LogP contribution in [0, 0.1) is 29.1 Å². The Labute approximate surface area is 188 Å². The van der Waals surface area contributed by atoms with E-state index in [0.29, 0.717) is 30.3 Å². The van der Waals surface area contributed by atoms with Gasteiger partial charge in [0.15, 0.2) is 34.8 Å². The van der Waals surface area contributed by atoms with Gasteiger partial charge in [-0.05, 0) is 48.4 Å². The zero-order valence-electron chi connectivity index (χ0n) is 16.6. The van der Waals surface area contributed by atoms with Crippen LogP contribution in [0.3, 0.4) is 0 Å². The Morgan fingerprint density at radius 3 is 2.09 bits per heavy atom. The smallest absolute Gasteiger partial charge is 0.200 e. The molecule has 3 rings (SSSR count). The van der Waals surface area contributed by atoms with E-state index in [4.69, 9.17) is 9.47 Å². The minimum atomic E-state index is -2.24. The van der Waals surface area contributed by atoms with Gasteiger partial charge in [-0.15, -0.1) is 0 Å². The van der Waals surface area contributed by atoms with Gasteiger partial charge < -0.3 is 9.47 Å². The van der Waals surface area contributed by atoms with Crippen LogP contribution in [-0.2, 0) is 6.61 Å². The highest BCUT2D eigenvalue weighted by Gasteiger charge is 2.25. The lowest BCUT2D eigenvalue weighted by Crippen LogP contribution is -2.06. The summed E-state index contributed by atoms with van der Waals surface area (Å²) < 4.78 is 79.3. The first-order chi connectivity index (χ1) is 15.3. The monoisotopic (exact) mass is 514 g/mol. The normalized spacial score (nSPS) is 11.1. The van der Waals surface area contributed by atoms with Crippen molar-refractivity contribution in [3.05, 3.63) is 87.2 Å². The van der Waals surface area contributed by atoms with Gasteiger partial charge in [-0.25, -0.2) is 22.0 Å². The number of hydrogen-bond acceptors (Lipinski definition) is 4. The highest BCUT2D eigenvalue weighted by atomic mass is 79.9. The first-order valence-corrected chi connectivity index (χ1v) is 10.1. The molecule has 0 saturated heterocycles. The van der Waals surface area contributed by atoms with Gasteiger partial charge in [-0.1, -0.05) is 28.1 Å². The summed E-state index contributed by atoms with van der Waals surface area (Å²) in [5, 5.41) is 3.57. The molecular formula is C22H16BrF5N2O2. The van der Waals surface area contributed by atoms with E-state index in [2.05, 4.69) is 21.0 Å². The average Bonchev–Trinajstić information content (AvgIpc) is 2.79. The van der Waals surface area contributed by atoms with E-state index >= 15 is 0 Å². The number of nitrogens with one attached hydrogen (secondary N) is 1. The number of anilines is 1. The van der Waals surface area contributed by atoms with Gasteiger partial charge in [0.05, 0.1) is 12.8 Å². The molecule has 0 saturated carbocycles. The highest BCUT2D eigenvalue weighted by Crippen LogP contribution is 2.30. The molecule has 0 aliphatic rings. The molecule has 0 spiro atoms. The molecule has 0 amide bonds. The summed E-state index contributed by atoms with van der Waals surface area (Å²) in [7, 11) is 0. The molecule has 3 aromatic rings. The molecule has 0 heterocycles. The van der Waals surface area contributed by atoms with E-state index in [1.807, 2.05) is 29.7 Å². The number of rotatable bonds is 8. The van der Waals surface area contributed by atoms with Gasteiger partial charge in [0.1, 0.15) is 12.3 Å². The Hall–Kier alpha value is -3.14. The van der Waals surface area contributed by atoms with Gasteiger partial charge in [-0.2, -0.15) is 5.10 Å². The van der Waals surface area contributed by atoms with E-state index < -0.39 is 34.8 Å². The van der Waals surface area contributed by atoms with E-state index in [9.17, 15) is 22.0 Å².